The Morgan fingerprint density at radius 3 is 2.54 bits per heavy atom. The third kappa shape index (κ3) is 4.48. The van der Waals surface area contributed by atoms with Crippen LogP contribution in [0.15, 0.2) is 48.5 Å². The predicted octanol–water partition coefficient (Wildman–Crippen LogP) is 4.31. The molecule has 1 fully saturated rings. The standard InChI is InChI=1S/C19H19Cl2N3O2/c20-14-7-9-15(10-8-14)23-19(26)24-11-3-6-17(24)18(25)22-12-13-4-1-2-5-16(13)21/h1-2,4-5,7-10,17H,3,6,11-12H2,(H,22,25)(H,23,26)/t17-/m0/s1. The van der Waals surface area contributed by atoms with Gasteiger partial charge in [-0.2, -0.15) is 0 Å². The molecule has 26 heavy (non-hydrogen) atoms. The maximum Gasteiger partial charge on any atom is 0.322 e. The first-order chi connectivity index (χ1) is 12.5. The third-order valence-electron chi connectivity index (χ3n) is 4.32. The van der Waals surface area contributed by atoms with E-state index in [0.29, 0.717) is 35.2 Å². The molecule has 1 saturated heterocycles. The van der Waals surface area contributed by atoms with Gasteiger partial charge in [0.05, 0.1) is 0 Å². The van der Waals surface area contributed by atoms with Gasteiger partial charge < -0.3 is 15.5 Å². The Labute approximate surface area is 162 Å². The number of hydrogen-bond acceptors (Lipinski definition) is 2. The zero-order valence-electron chi connectivity index (χ0n) is 14.0. The van der Waals surface area contributed by atoms with Gasteiger partial charge in [0.15, 0.2) is 0 Å². The van der Waals surface area contributed by atoms with E-state index in [1.165, 1.54) is 0 Å². The highest BCUT2D eigenvalue weighted by molar-refractivity contribution is 6.31. The molecule has 7 heteroatoms. The molecule has 3 rings (SSSR count). The van der Waals surface area contributed by atoms with E-state index in [1.807, 2.05) is 18.2 Å². The summed E-state index contributed by atoms with van der Waals surface area (Å²) in [5.41, 5.74) is 1.49. The Morgan fingerprint density at radius 2 is 1.81 bits per heavy atom. The molecule has 0 unspecified atom stereocenters. The van der Waals surface area contributed by atoms with Gasteiger partial charge in [-0.3, -0.25) is 4.79 Å². The van der Waals surface area contributed by atoms with Crippen LogP contribution in [0.25, 0.3) is 0 Å². The first-order valence-electron chi connectivity index (χ1n) is 8.39. The number of anilines is 1. The fourth-order valence-electron chi connectivity index (χ4n) is 2.95. The molecule has 0 bridgehead atoms. The number of benzene rings is 2. The fourth-order valence-corrected chi connectivity index (χ4v) is 3.28. The number of urea groups is 1. The minimum atomic E-state index is -0.482. The van der Waals surface area contributed by atoms with Crippen molar-refractivity contribution >= 4 is 40.8 Å². The maximum atomic E-state index is 12.5. The van der Waals surface area contributed by atoms with Crippen molar-refractivity contribution in [3.8, 4) is 0 Å². The van der Waals surface area contributed by atoms with Gasteiger partial charge >= 0.3 is 6.03 Å². The number of rotatable bonds is 4. The second kappa shape index (κ2) is 8.43. The highest BCUT2D eigenvalue weighted by Gasteiger charge is 2.34. The molecule has 1 atom stereocenters. The number of carbonyl (C=O) groups excluding carboxylic acids is 2. The Bertz CT molecular complexity index is 796. The molecule has 0 radical (unpaired) electrons. The number of hydrogen-bond donors (Lipinski definition) is 2. The van der Waals surface area contributed by atoms with Crippen LogP contribution in [0.3, 0.4) is 0 Å². The summed E-state index contributed by atoms with van der Waals surface area (Å²) < 4.78 is 0. The van der Waals surface area contributed by atoms with E-state index in [9.17, 15) is 9.59 Å². The van der Waals surface area contributed by atoms with E-state index >= 15 is 0 Å². The quantitative estimate of drug-likeness (QED) is 0.815. The van der Waals surface area contributed by atoms with Crippen LogP contribution in [0.1, 0.15) is 18.4 Å². The smallest absolute Gasteiger partial charge is 0.322 e. The minimum absolute atomic E-state index is 0.173. The SMILES string of the molecule is O=C(NCc1ccccc1Cl)[C@@H]1CCCN1C(=O)Nc1ccc(Cl)cc1. The van der Waals surface area contributed by atoms with Crippen molar-refractivity contribution in [2.24, 2.45) is 0 Å². The summed E-state index contributed by atoms with van der Waals surface area (Å²) >= 11 is 12.0. The molecule has 2 N–H and O–H groups in total. The number of halogens is 2. The summed E-state index contributed by atoms with van der Waals surface area (Å²) in [7, 11) is 0. The fraction of sp³-hybridized carbons (Fsp3) is 0.263. The second-order valence-electron chi connectivity index (χ2n) is 6.10. The molecule has 1 heterocycles. The van der Waals surface area contributed by atoms with Gasteiger partial charge in [0, 0.05) is 28.8 Å². The van der Waals surface area contributed by atoms with Crippen molar-refractivity contribution in [3.63, 3.8) is 0 Å². The lowest BCUT2D eigenvalue weighted by molar-refractivity contribution is -0.124. The van der Waals surface area contributed by atoms with Crippen LogP contribution in [0.5, 0.6) is 0 Å². The van der Waals surface area contributed by atoms with Gasteiger partial charge in [-0.1, -0.05) is 41.4 Å². The molecule has 5 nitrogen and oxygen atoms in total. The molecule has 136 valence electrons. The van der Waals surface area contributed by atoms with Gasteiger partial charge in [0.25, 0.3) is 0 Å². The molecule has 0 spiro atoms. The highest BCUT2D eigenvalue weighted by Crippen LogP contribution is 2.21. The lowest BCUT2D eigenvalue weighted by Gasteiger charge is -2.24. The van der Waals surface area contributed by atoms with E-state index in [4.69, 9.17) is 23.2 Å². The lowest BCUT2D eigenvalue weighted by Crippen LogP contribution is -2.47. The predicted molar refractivity (Wildman–Crippen MR) is 103 cm³/mol. The summed E-state index contributed by atoms with van der Waals surface area (Å²) in [6, 6.07) is 13.4. The van der Waals surface area contributed by atoms with Crippen LogP contribution in [0.4, 0.5) is 10.5 Å². The summed E-state index contributed by atoms with van der Waals surface area (Å²) in [5, 5.41) is 6.89. The maximum absolute atomic E-state index is 12.5. The summed E-state index contributed by atoms with van der Waals surface area (Å²) in [6.45, 7) is 0.880. The first-order valence-corrected chi connectivity index (χ1v) is 9.14. The van der Waals surface area contributed by atoms with Gasteiger partial charge in [0.2, 0.25) is 5.91 Å². The molecule has 0 aliphatic carbocycles. The zero-order chi connectivity index (χ0) is 18.5. The largest absolute Gasteiger partial charge is 0.350 e. The highest BCUT2D eigenvalue weighted by atomic mass is 35.5. The zero-order valence-corrected chi connectivity index (χ0v) is 15.6. The molecular formula is C19H19Cl2N3O2. The van der Waals surface area contributed by atoms with E-state index in [0.717, 1.165) is 12.0 Å². The van der Waals surface area contributed by atoms with E-state index in [-0.39, 0.29) is 11.9 Å². The van der Waals surface area contributed by atoms with Crippen molar-refractivity contribution in [2.45, 2.75) is 25.4 Å². The van der Waals surface area contributed by atoms with Crippen molar-refractivity contribution in [1.82, 2.24) is 10.2 Å². The second-order valence-corrected chi connectivity index (χ2v) is 6.94. The van der Waals surface area contributed by atoms with Crippen LogP contribution in [0.2, 0.25) is 10.0 Å². The van der Waals surface area contributed by atoms with Gasteiger partial charge in [-0.05, 0) is 48.7 Å². The van der Waals surface area contributed by atoms with Gasteiger partial charge in [-0.25, -0.2) is 4.79 Å². The van der Waals surface area contributed by atoms with Gasteiger partial charge in [0.1, 0.15) is 6.04 Å². The number of nitrogens with one attached hydrogen (secondary N) is 2. The molecule has 1 aliphatic heterocycles. The average Bonchev–Trinajstić information content (AvgIpc) is 3.13. The molecule has 1 aliphatic rings. The number of carbonyl (C=O) groups is 2. The normalized spacial score (nSPS) is 16.4. The van der Waals surface area contributed by atoms with Crippen LogP contribution in [-0.2, 0) is 11.3 Å². The van der Waals surface area contributed by atoms with Crippen molar-refractivity contribution in [1.29, 1.82) is 0 Å². The lowest BCUT2D eigenvalue weighted by atomic mass is 10.2. The van der Waals surface area contributed by atoms with E-state index in [1.54, 1.807) is 35.2 Å². The average molecular weight is 392 g/mol. The Hall–Kier alpha value is -2.24. The summed E-state index contributed by atoms with van der Waals surface area (Å²) in [5.74, 6) is -0.173. The van der Waals surface area contributed by atoms with Crippen molar-refractivity contribution < 1.29 is 9.59 Å². The molecule has 2 aromatic carbocycles. The van der Waals surface area contributed by atoms with E-state index < -0.39 is 6.04 Å². The number of likely N-dealkylation sites (tertiary alicyclic amines) is 1. The van der Waals surface area contributed by atoms with Crippen LogP contribution in [-0.4, -0.2) is 29.4 Å². The molecule has 2 aromatic rings. The third-order valence-corrected chi connectivity index (χ3v) is 4.94. The van der Waals surface area contributed by atoms with Crippen LogP contribution >= 0.6 is 23.2 Å². The molecule has 3 amide bonds. The van der Waals surface area contributed by atoms with Crippen molar-refractivity contribution in [3.05, 3.63) is 64.1 Å². The monoisotopic (exact) mass is 391 g/mol. The Balaban J connectivity index is 1.59. The molecular weight excluding hydrogens is 373 g/mol. The van der Waals surface area contributed by atoms with E-state index in [2.05, 4.69) is 10.6 Å². The van der Waals surface area contributed by atoms with Gasteiger partial charge in [-0.15, -0.1) is 0 Å². The van der Waals surface area contributed by atoms with Crippen molar-refractivity contribution in [2.75, 3.05) is 11.9 Å². The number of nitrogens with zero attached hydrogens (tertiary/aromatic N) is 1. The minimum Gasteiger partial charge on any atom is -0.350 e. The summed E-state index contributed by atoms with van der Waals surface area (Å²) in [4.78, 5) is 26.6. The number of amides is 3. The molecule has 0 aromatic heterocycles. The Morgan fingerprint density at radius 1 is 1.08 bits per heavy atom. The summed E-state index contributed by atoms with van der Waals surface area (Å²) in [6.07, 6.45) is 1.43. The first kappa shape index (κ1) is 18.5. The van der Waals surface area contributed by atoms with Crippen LogP contribution in [0, 0.1) is 0 Å². The Kier molecular flexibility index (Phi) is 6.01. The topological polar surface area (TPSA) is 61.4 Å². The van der Waals surface area contributed by atoms with Crippen LogP contribution < -0.4 is 10.6 Å². The molecule has 0 saturated carbocycles.